The van der Waals surface area contributed by atoms with Crippen LogP contribution in [-0.2, 0) is 21.4 Å². The van der Waals surface area contributed by atoms with Gasteiger partial charge in [0.1, 0.15) is 0 Å². The van der Waals surface area contributed by atoms with Gasteiger partial charge in [-0.15, -0.1) is 6.42 Å². The monoisotopic (exact) mass is 366 g/mol. The highest BCUT2D eigenvalue weighted by molar-refractivity contribution is 7.88. The number of pyridine rings is 1. The maximum atomic E-state index is 12.1. The summed E-state index contributed by atoms with van der Waals surface area (Å²) in [7, 11) is -1.67. The second-order valence-electron chi connectivity index (χ2n) is 5.91. The van der Waals surface area contributed by atoms with Crippen LogP contribution in [0.3, 0.4) is 0 Å². The molecule has 1 rings (SSSR count). The van der Waals surface area contributed by atoms with Crippen LogP contribution in [0.4, 0.5) is 0 Å². The quantitative estimate of drug-likeness (QED) is 0.473. The number of aromatic nitrogens is 1. The number of aryl methyl sites for hydroxylation is 1. The zero-order valence-corrected chi connectivity index (χ0v) is 15.8. The topological polar surface area (TPSA) is 82.6 Å². The van der Waals surface area contributed by atoms with Gasteiger partial charge < -0.3 is 5.32 Å². The molecule has 1 aromatic rings. The van der Waals surface area contributed by atoms with Crippen LogP contribution >= 0.6 is 0 Å². The van der Waals surface area contributed by atoms with Gasteiger partial charge in [-0.25, -0.2) is 12.7 Å². The molecular formula is C17H26N4O3S. The fraction of sp³-hybridized carbons (Fsp3) is 0.529. The average Bonchev–Trinajstić information content (AvgIpc) is 2.50. The maximum absolute atomic E-state index is 12.1. The first kappa shape index (κ1) is 21.1. The number of amides is 1. The number of terminal acetylenes is 1. The number of rotatable bonds is 10. The summed E-state index contributed by atoms with van der Waals surface area (Å²) in [6.07, 6.45) is 7.08. The molecule has 7 nitrogen and oxygen atoms in total. The lowest BCUT2D eigenvalue weighted by Crippen LogP contribution is -2.38. The Kier molecular flexibility index (Phi) is 8.55. The summed E-state index contributed by atoms with van der Waals surface area (Å²) in [6, 6.07) is 5.73. The van der Waals surface area contributed by atoms with E-state index in [0.29, 0.717) is 32.6 Å². The lowest BCUT2D eigenvalue weighted by molar-refractivity contribution is -0.122. The van der Waals surface area contributed by atoms with Crippen molar-refractivity contribution in [2.45, 2.75) is 19.9 Å². The van der Waals surface area contributed by atoms with Crippen LogP contribution < -0.4 is 5.32 Å². The minimum Gasteiger partial charge on any atom is -0.355 e. The zero-order chi connectivity index (χ0) is 18.9. The van der Waals surface area contributed by atoms with Crippen molar-refractivity contribution in [1.82, 2.24) is 19.5 Å². The van der Waals surface area contributed by atoms with E-state index < -0.39 is 10.0 Å². The molecule has 0 aliphatic carbocycles. The Morgan fingerprint density at radius 1 is 1.40 bits per heavy atom. The van der Waals surface area contributed by atoms with Crippen molar-refractivity contribution >= 4 is 15.9 Å². The van der Waals surface area contributed by atoms with Gasteiger partial charge in [0.2, 0.25) is 15.9 Å². The Morgan fingerprint density at radius 3 is 2.72 bits per heavy atom. The molecule has 0 saturated heterocycles. The average molecular weight is 366 g/mol. The van der Waals surface area contributed by atoms with Crippen molar-refractivity contribution in [2.75, 3.05) is 39.5 Å². The first-order chi connectivity index (χ1) is 11.7. The van der Waals surface area contributed by atoms with Crippen molar-refractivity contribution in [2.24, 2.45) is 0 Å². The molecule has 8 heteroatoms. The molecule has 0 radical (unpaired) electrons. The summed E-state index contributed by atoms with van der Waals surface area (Å²) in [5.74, 6) is 2.40. The summed E-state index contributed by atoms with van der Waals surface area (Å²) in [4.78, 5) is 18.3. The number of nitrogens with zero attached hydrogens (tertiary/aromatic N) is 3. The van der Waals surface area contributed by atoms with E-state index in [4.69, 9.17) is 6.42 Å². The third-order valence-electron chi connectivity index (χ3n) is 3.55. The number of hydrogen-bond donors (Lipinski definition) is 1. The van der Waals surface area contributed by atoms with Crippen molar-refractivity contribution in [1.29, 1.82) is 0 Å². The van der Waals surface area contributed by atoms with Gasteiger partial charge >= 0.3 is 0 Å². The number of carbonyl (C=O) groups is 1. The molecule has 0 spiro atoms. The molecule has 1 amide bonds. The number of hydrogen-bond acceptors (Lipinski definition) is 5. The standard InChI is InChI=1S/C17H26N4O3S/c1-5-11-21(13-16-9-6-8-15(2)19-16)14-17(22)18-10-7-12-20(3)25(4,23)24/h1,6,8-9H,7,10-14H2,2-4H3,(H,18,22). The molecule has 1 aromatic heterocycles. The summed E-state index contributed by atoms with van der Waals surface area (Å²) < 4.78 is 23.8. The van der Waals surface area contributed by atoms with Crippen LogP contribution in [0.25, 0.3) is 0 Å². The van der Waals surface area contributed by atoms with Crippen LogP contribution in [0.5, 0.6) is 0 Å². The molecule has 1 heterocycles. The molecule has 138 valence electrons. The normalized spacial score (nSPS) is 11.5. The molecule has 0 fully saturated rings. The second-order valence-corrected chi connectivity index (χ2v) is 8.00. The molecule has 0 saturated carbocycles. The van der Waals surface area contributed by atoms with Crippen LogP contribution in [0.2, 0.25) is 0 Å². The third-order valence-corrected chi connectivity index (χ3v) is 4.87. The van der Waals surface area contributed by atoms with Crippen LogP contribution in [0.1, 0.15) is 17.8 Å². The molecular weight excluding hydrogens is 340 g/mol. The van der Waals surface area contributed by atoms with Gasteiger partial charge in [-0.1, -0.05) is 12.0 Å². The predicted octanol–water partition coefficient (Wildman–Crippen LogP) is 0.223. The minimum absolute atomic E-state index is 0.148. The minimum atomic E-state index is -3.18. The fourth-order valence-corrected chi connectivity index (χ4v) is 2.63. The first-order valence-electron chi connectivity index (χ1n) is 7.98. The summed E-state index contributed by atoms with van der Waals surface area (Å²) in [6.45, 7) is 3.69. The summed E-state index contributed by atoms with van der Waals surface area (Å²) in [5.41, 5.74) is 1.77. The van der Waals surface area contributed by atoms with E-state index >= 15 is 0 Å². The van der Waals surface area contributed by atoms with Crippen molar-refractivity contribution in [3.05, 3.63) is 29.6 Å². The molecule has 0 aliphatic heterocycles. The van der Waals surface area contributed by atoms with Gasteiger partial charge in [-0.05, 0) is 25.5 Å². The Labute approximate surface area is 150 Å². The van der Waals surface area contributed by atoms with E-state index in [2.05, 4.69) is 16.2 Å². The molecule has 1 N–H and O–H groups in total. The van der Waals surface area contributed by atoms with Crippen molar-refractivity contribution < 1.29 is 13.2 Å². The Morgan fingerprint density at radius 2 is 2.12 bits per heavy atom. The molecule has 0 aliphatic rings. The Bertz CT molecular complexity index is 713. The van der Waals surface area contributed by atoms with Gasteiger partial charge in [0, 0.05) is 32.4 Å². The maximum Gasteiger partial charge on any atom is 0.234 e. The number of sulfonamides is 1. The van der Waals surface area contributed by atoms with E-state index in [1.807, 2.05) is 30.0 Å². The van der Waals surface area contributed by atoms with Crippen LogP contribution in [0, 0.1) is 19.3 Å². The highest BCUT2D eigenvalue weighted by Gasteiger charge is 2.12. The van der Waals surface area contributed by atoms with E-state index in [1.54, 1.807) is 0 Å². The summed E-state index contributed by atoms with van der Waals surface area (Å²) in [5, 5.41) is 2.78. The summed E-state index contributed by atoms with van der Waals surface area (Å²) >= 11 is 0. The number of carbonyl (C=O) groups excluding carboxylic acids is 1. The number of nitrogens with one attached hydrogen (secondary N) is 1. The van der Waals surface area contributed by atoms with Gasteiger partial charge in [0.05, 0.1) is 25.0 Å². The first-order valence-corrected chi connectivity index (χ1v) is 9.83. The van der Waals surface area contributed by atoms with Gasteiger partial charge in [0.15, 0.2) is 0 Å². The smallest absolute Gasteiger partial charge is 0.234 e. The van der Waals surface area contributed by atoms with Crippen molar-refractivity contribution in [3.8, 4) is 12.3 Å². The third kappa shape index (κ3) is 8.63. The lowest BCUT2D eigenvalue weighted by Gasteiger charge is -2.19. The van der Waals surface area contributed by atoms with E-state index in [9.17, 15) is 13.2 Å². The lowest BCUT2D eigenvalue weighted by atomic mass is 10.3. The highest BCUT2D eigenvalue weighted by Crippen LogP contribution is 2.03. The molecule has 0 bridgehead atoms. The molecule has 0 atom stereocenters. The zero-order valence-electron chi connectivity index (χ0n) is 15.0. The highest BCUT2D eigenvalue weighted by atomic mass is 32.2. The predicted molar refractivity (Wildman–Crippen MR) is 98.2 cm³/mol. The molecule has 0 aromatic carbocycles. The Balaban J connectivity index is 2.42. The molecule has 25 heavy (non-hydrogen) atoms. The van der Waals surface area contributed by atoms with Crippen LogP contribution in [0.15, 0.2) is 18.2 Å². The van der Waals surface area contributed by atoms with Crippen LogP contribution in [-0.4, -0.2) is 68.0 Å². The Hall–Kier alpha value is -1.95. The fourth-order valence-electron chi connectivity index (χ4n) is 2.17. The van der Waals surface area contributed by atoms with E-state index in [1.165, 1.54) is 11.4 Å². The second kappa shape index (κ2) is 10.1. The van der Waals surface area contributed by atoms with Gasteiger partial charge in [-0.3, -0.25) is 14.7 Å². The SMILES string of the molecule is C#CCN(CC(=O)NCCCN(C)S(C)(=O)=O)Cc1cccc(C)n1. The van der Waals surface area contributed by atoms with E-state index in [0.717, 1.165) is 17.6 Å². The van der Waals surface area contributed by atoms with Crippen molar-refractivity contribution in [3.63, 3.8) is 0 Å². The van der Waals surface area contributed by atoms with Gasteiger partial charge in [-0.2, -0.15) is 0 Å². The molecule has 0 unspecified atom stereocenters. The van der Waals surface area contributed by atoms with Gasteiger partial charge in [0.25, 0.3) is 0 Å². The van der Waals surface area contributed by atoms with E-state index in [-0.39, 0.29) is 12.5 Å². The largest absolute Gasteiger partial charge is 0.355 e.